The van der Waals surface area contributed by atoms with Crippen LogP contribution in [0.4, 0.5) is 18.9 Å². The van der Waals surface area contributed by atoms with E-state index >= 15 is 0 Å². The van der Waals surface area contributed by atoms with Crippen LogP contribution in [0.5, 0.6) is 0 Å². The molecule has 0 amide bonds. The van der Waals surface area contributed by atoms with Crippen molar-refractivity contribution in [3.05, 3.63) is 30.2 Å². The van der Waals surface area contributed by atoms with Gasteiger partial charge in [-0.2, -0.15) is 18.3 Å². The second-order valence-electron chi connectivity index (χ2n) is 3.92. The lowest BCUT2D eigenvalue weighted by atomic mass is 10.1. The van der Waals surface area contributed by atoms with Gasteiger partial charge in [0.2, 0.25) is 0 Å². The molecule has 96 valence electrons. The summed E-state index contributed by atoms with van der Waals surface area (Å²) in [6, 6.07) is 3.21. The number of nitrogen functional groups attached to an aromatic ring is 1. The van der Waals surface area contributed by atoms with Gasteiger partial charge >= 0.3 is 6.18 Å². The molecule has 0 saturated heterocycles. The molecule has 2 N–H and O–H groups in total. The summed E-state index contributed by atoms with van der Waals surface area (Å²) in [5, 5.41) is 3.82. The van der Waals surface area contributed by atoms with Crippen molar-refractivity contribution in [1.29, 1.82) is 0 Å². The Hall–Kier alpha value is -2.05. The smallest absolute Gasteiger partial charge is 0.399 e. The lowest BCUT2D eigenvalue weighted by molar-refractivity contribution is -0.142. The first-order valence-corrected chi connectivity index (χ1v) is 5.18. The van der Waals surface area contributed by atoms with E-state index in [-0.39, 0.29) is 0 Å². The maximum atomic E-state index is 12.3. The number of hydrogen-bond donors (Lipinski definition) is 1. The summed E-state index contributed by atoms with van der Waals surface area (Å²) >= 11 is 0. The van der Waals surface area contributed by atoms with Crippen LogP contribution in [0.2, 0.25) is 0 Å². The molecular weight excluding hydrogens is 245 g/mol. The van der Waals surface area contributed by atoms with Crippen LogP contribution in [0.3, 0.4) is 0 Å². The zero-order valence-electron chi connectivity index (χ0n) is 9.57. The first-order valence-electron chi connectivity index (χ1n) is 5.18. The van der Waals surface area contributed by atoms with Crippen molar-refractivity contribution < 1.29 is 13.2 Å². The van der Waals surface area contributed by atoms with Crippen molar-refractivity contribution in [3.63, 3.8) is 0 Å². The second kappa shape index (κ2) is 4.32. The SMILES string of the molecule is Cc1nn(CC(F)(F)F)cc1-c1cc(N)ccn1. The van der Waals surface area contributed by atoms with Gasteiger partial charge in [0.15, 0.2) is 0 Å². The van der Waals surface area contributed by atoms with Crippen LogP contribution in [0.1, 0.15) is 5.69 Å². The first kappa shape index (κ1) is 12.4. The van der Waals surface area contributed by atoms with E-state index in [1.54, 1.807) is 19.1 Å². The fourth-order valence-electron chi connectivity index (χ4n) is 1.63. The Kier molecular flexibility index (Phi) is 2.98. The molecule has 0 aromatic carbocycles. The van der Waals surface area contributed by atoms with Crippen LogP contribution < -0.4 is 5.73 Å². The van der Waals surface area contributed by atoms with Gasteiger partial charge in [-0.1, -0.05) is 0 Å². The van der Waals surface area contributed by atoms with Gasteiger partial charge in [-0.3, -0.25) is 9.67 Å². The minimum absolute atomic E-state index is 0.484. The average molecular weight is 256 g/mol. The molecule has 0 bridgehead atoms. The zero-order valence-corrected chi connectivity index (χ0v) is 9.57. The molecule has 0 radical (unpaired) electrons. The normalized spacial score (nSPS) is 11.8. The van der Waals surface area contributed by atoms with E-state index in [0.717, 1.165) is 4.68 Å². The number of pyridine rings is 1. The standard InChI is InChI=1S/C11H11F3N4/c1-7-9(10-4-8(15)2-3-16-10)5-18(17-7)6-11(12,13)14/h2-5H,6H2,1H3,(H2,15,16). The Morgan fingerprint density at radius 1 is 1.39 bits per heavy atom. The molecule has 0 unspecified atom stereocenters. The summed E-state index contributed by atoms with van der Waals surface area (Å²) in [6.45, 7) is 0.517. The van der Waals surface area contributed by atoms with Crippen molar-refractivity contribution in [1.82, 2.24) is 14.8 Å². The van der Waals surface area contributed by atoms with Gasteiger partial charge in [-0.15, -0.1) is 0 Å². The molecule has 4 nitrogen and oxygen atoms in total. The van der Waals surface area contributed by atoms with E-state index in [1.807, 2.05) is 0 Å². The number of halogens is 3. The maximum absolute atomic E-state index is 12.3. The molecular formula is C11H11F3N4. The van der Waals surface area contributed by atoms with Crippen molar-refractivity contribution in [2.24, 2.45) is 0 Å². The largest absolute Gasteiger partial charge is 0.408 e. The molecule has 2 heterocycles. The Balaban J connectivity index is 2.35. The van der Waals surface area contributed by atoms with Crippen LogP contribution in [0.25, 0.3) is 11.3 Å². The molecule has 18 heavy (non-hydrogen) atoms. The number of aromatic nitrogens is 3. The van der Waals surface area contributed by atoms with Gasteiger partial charge < -0.3 is 5.73 Å². The fraction of sp³-hybridized carbons (Fsp3) is 0.273. The van der Waals surface area contributed by atoms with E-state index in [9.17, 15) is 13.2 Å². The van der Waals surface area contributed by atoms with Crippen LogP contribution in [0.15, 0.2) is 24.5 Å². The Morgan fingerprint density at radius 2 is 2.11 bits per heavy atom. The number of nitrogens with two attached hydrogens (primary N) is 1. The second-order valence-corrected chi connectivity index (χ2v) is 3.92. The third-order valence-electron chi connectivity index (χ3n) is 2.35. The molecule has 0 fully saturated rings. The summed E-state index contributed by atoms with van der Waals surface area (Å²) in [5.41, 5.74) is 7.66. The lowest BCUT2D eigenvalue weighted by Crippen LogP contribution is -2.17. The summed E-state index contributed by atoms with van der Waals surface area (Å²) < 4.78 is 37.6. The van der Waals surface area contributed by atoms with Crippen LogP contribution in [0, 0.1) is 6.92 Å². The molecule has 0 spiro atoms. The van der Waals surface area contributed by atoms with Gasteiger partial charge in [0.05, 0.1) is 11.4 Å². The van der Waals surface area contributed by atoms with Crippen LogP contribution >= 0.6 is 0 Å². The quantitative estimate of drug-likeness (QED) is 0.897. The third kappa shape index (κ3) is 2.79. The highest BCUT2D eigenvalue weighted by molar-refractivity contribution is 5.64. The maximum Gasteiger partial charge on any atom is 0.408 e. The Labute approximate surface area is 101 Å². The van der Waals surface area contributed by atoms with Gasteiger partial charge in [-0.25, -0.2) is 0 Å². The van der Waals surface area contributed by atoms with E-state index < -0.39 is 12.7 Å². The monoisotopic (exact) mass is 256 g/mol. The number of hydrogen-bond acceptors (Lipinski definition) is 3. The third-order valence-corrected chi connectivity index (χ3v) is 2.35. The minimum atomic E-state index is -4.29. The van der Waals surface area contributed by atoms with E-state index in [1.165, 1.54) is 12.4 Å². The van der Waals surface area contributed by atoms with Crippen molar-refractivity contribution in [3.8, 4) is 11.3 Å². The summed E-state index contributed by atoms with van der Waals surface area (Å²) in [6.07, 6.45) is -1.46. The first-order chi connectivity index (χ1) is 8.35. The highest BCUT2D eigenvalue weighted by Gasteiger charge is 2.28. The highest BCUT2D eigenvalue weighted by atomic mass is 19.4. The van der Waals surface area contributed by atoms with Crippen LogP contribution in [-0.2, 0) is 6.54 Å². The topological polar surface area (TPSA) is 56.7 Å². The number of rotatable bonds is 2. The van der Waals surface area contributed by atoms with Crippen molar-refractivity contribution >= 4 is 5.69 Å². The van der Waals surface area contributed by atoms with Gasteiger partial charge in [0, 0.05) is 23.6 Å². The van der Waals surface area contributed by atoms with Gasteiger partial charge in [0.1, 0.15) is 6.54 Å². The summed E-state index contributed by atoms with van der Waals surface area (Å²) in [7, 11) is 0. The average Bonchev–Trinajstić information content (AvgIpc) is 2.56. The number of anilines is 1. The molecule has 2 rings (SSSR count). The summed E-state index contributed by atoms with van der Waals surface area (Å²) in [4.78, 5) is 4.07. The molecule has 7 heteroatoms. The van der Waals surface area contributed by atoms with Crippen LogP contribution in [-0.4, -0.2) is 20.9 Å². The predicted octanol–water partition coefficient (Wildman–Crippen LogP) is 2.40. The van der Waals surface area contributed by atoms with Crippen molar-refractivity contribution in [2.75, 3.05) is 5.73 Å². The molecule has 0 atom stereocenters. The Bertz CT molecular complexity index is 560. The molecule has 0 aliphatic rings. The van der Waals surface area contributed by atoms with Gasteiger partial charge in [-0.05, 0) is 19.1 Å². The molecule has 0 saturated carbocycles. The predicted molar refractivity (Wildman–Crippen MR) is 60.7 cm³/mol. The highest BCUT2D eigenvalue weighted by Crippen LogP contribution is 2.24. The van der Waals surface area contributed by atoms with E-state index in [2.05, 4.69) is 10.1 Å². The fourth-order valence-corrected chi connectivity index (χ4v) is 1.63. The van der Waals surface area contributed by atoms with E-state index in [0.29, 0.717) is 22.6 Å². The summed E-state index contributed by atoms with van der Waals surface area (Å²) in [5.74, 6) is 0. The van der Waals surface area contributed by atoms with Crippen molar-refractivity contribution in [2.45, 2.75) is 19.6 Å². The molecule has 0 aliphatic heterocycles. The Morgan fingerprint density at radius 3 is 2.72 bits per heavy atom. The lowest BCUT2D eigenvalue weighted by Gasteiger charge is -2.05. The molecule has 2 aromatic rings. The minimum Gasteiger partial charge on any atom is -0.399 e. The number of nitrogens with zero attached hydrogens (tertiary/aromatic N) is 3. The zero-order chi connectivity index (χ0) is 13.3. The number of alkyl halides is 3. The number of aryl methyl sites for hydroxylation is 1. The van der Waals surface area contributed by atoms with E-state index in [4.69, 9.17) is 5.73 Å². The molecule has 2 aromatic heterocycles. The molecule has 0 aliphatic carbocycles. The van der Waals surface area contributed by atoms with Gasteiger partial charge in [0.25, 0.3) is 0 Å².